The van der Waals surface area contributed by atoms with Crippen LogP contribution in [0.3, 0.4) is 0 Å². The fraction of sp³-hybridized carbons (Fsp3) is 1.00. The summed E-state index contributed by atoms with van der Waals surface area (Å²) in [4.78, 5) is 0. The van der Waals surface area contributed by atoms with Gasteiger partial charge in [0.05, 0.1) is 6.61 Å². The third-order valence-corrected chi connectivity index (χ3v) is 2.80. The molecule has 1 atom stereocenters. The first-order chi connectivity index (χ1) is 6.16. The minimum atomic E-state index is 0.292. The normalized spacial score (nSPS) is 13.6. The van der Waals surface area contributed by atoms with E-state index in [4.69, 9.17) is 9.84 Å². The number of hydrogen-bond donors (Lipinski definition) is 1. The van der Waals surface area contributed by atoms with Gasteiger partial charge in [0.15, 0.2) is 0 Å². The van der Waals surface area contributed by atoms with Gasteiger partial charge in [-0.1, -0.05) is 20.8 Å². The topological polar surface area (TPSA) is 29.5 Å². The van der Waals surface area contributed by atoms with Crippen molar-refractivity contribution in [3.05, 3.63) is 0 Å². The lowest BCUT2D eigenvalue weighted by Gasteiger charge is -2.08. The zero-order valence-electron chi connectivity index (χ0n) is 8.95. The molecule has 13 heavy (non-hydrogen) atoms. The van der Waals surface area contributed by atoms with Gasteiger partial charge in [0, 0.05) is 19.0 Å². The summed E-state index contributed by atoms with van der Waals surface area (Å²) in [7, 11) is 0. The Bertz CT molecular complexity index is 107. The molecule has 0 aromatic heterocycles. The first-order valence-electron chi connectivity index (χ1n) is 4.93. The summed E-state index contributed by atoms with van der Waals surface area (Å²) in [5.74, 6) is 3.11. The van der Waals surface area contributed by atoms with E-state index in [0.717, 1.165) is 24.7 Å². The number of aliphatic hydroxyl groups is 1. The van der Waals surface area contributed by atoms with Gasteiger partial charge in [0.25, 0.3) is 0 Å². The molecule has 0 spiro atoms. The molecule has 0 aliphatic carbocycles. The molecule has 2 nitrogen and oxygen atoms in total. The van der Waals surface area contributed by atoms with E-state index in [1.165, 1.54) is 0 Å². The summed E-state index contributed by atoms with van der Waals surface area (Å²) in [6.45, 7) is 8.35. The van der Waals surface area contributed by atoms with E-state index >= 15 is 0 Å². The smallest absolute Gasteiger partial charge is 0.0556 e. The third kappa shape index (κ3) is 10.2. The van der Waals surface area contributed by atoms with Crippen LogP contribution in [0.4, 0.5) is 0 Å². The highest BCUT2D eigenvalue weighted by atomic mass is 32.2. The summed E-state index contributed by atoms with van der Waals surface area (Å²) in [5.41, 5.74) is 0. The molecule has 0 saturated carbocycles. The molecule has 3 heteroatoms. The Labute approximate surface area is 86.1 Å². The lowest BCUT2D eigenvalue weighted by Crippen LogP contribution is -2.07. The minimum absolute atomic E-state index is 0.292. The quantitative estimate of drug-likeness (QED) is 0.616. The van der Waals surface area contributed by atoms with Crippen LogP contribution in [0.1, 0.15) is 20.8 Å². The van der Waals surface area contributed by atoms with Gasteiger partial charge in [-0.15, -0.1) is 0 Å². The third-order valence-electron chi connectivity index (χ3n) is 1.54. The SMILES string of the molecule is CC(C)COCCSCC(C)CO. The maximum atomic E-state index is 8.77. The Morgan fingerprint density at radius 2 is 2.00 bits per heavy atom. The second kappa shape index (κ2) is 8.85. The summed E-state index contributed by atoms with van der Waals surface area (Å²) < 4.78 is 5.43. The summed E-state index contributed by atoms with van der Waals surface area (Å²) >= 11 is 1.85. The van der Waals surface area contributed by atoms with Crippen LogP contribution in [0.25, 0.3) is 0 Å². The Morgan fingerprint density at radius 3 is 2.54 bits per heavy atom. The molecule has 0 heterocycles. The van der Waals surface area contributed by atoms with E-state index in [1.54, 1.807) is 0 Å². The van der Waals surface area contributed by atoms with Crippen LogP contribution in [0, 0.1) is 11.8 Å². The fourth-order valence-corrected chi connectivity index (χ4v) is 1.68. The van der Waals surface area contributed by atoms with E-state index < -0.39 is 0 Å². The average Bonchev–Trinajstić information content (AvgIpc) is 2.10. The lowest BCUT2D eigenvalue weighted by molar-refractivity contribution is 0.124. The highest BCUT2D eigenvalue weighted by molar-refractivity contribution is 7.99. The van der Waals surface area contributed by atoms with Gasteiger partial charge < -0.3 is 9.84 Å². The molecule has 0 aliphatic heterocycles. The molecule has 0 radical (unpaired) electrons. The maximum absolute atomic E-state index is 8.77. The van der Waals surface area contributed by atoms with E-state index in [9.17, 15) is 0 Å². The largest absolute Gasteiger partial charge is 0.396 e. The molecular formula is C10H22O2S. The summed E-state index contributed by atoms with van der Waals surface area (Å²) in [6.07, 6.45) is 0. The Balaban J connectivity index is 2.99. The molecule has 0 amide bonds. The Morgan fingerprint density at radius 1 is 1.31 bits per heavy atom. The van der Waals surface area contributed by atoms with Gasteiger partial charge in [0.2, 0.25) is 0 Å². The highest BCUT2D eigenvalue weighted by Gasteiger charge is 1.99. The van der Waals surface area contributed by atoms with Crippen LogP contribution in [0.15, 0.2) is 0 Å². The molecule has 1 unspecified atom stereocenters. The van der Waals surface area contributed by atoms with E-state index in [2.05, 4.69) is 20.8 Å². The van der Waals surface area contributed by atoms with Gasteiger partial charge in [-0.25, -0.2) is 0 Å². The van der Waals surface area contributed by atoms with Crippen molar-refractivity contribution in [2.45, 2.75) is 20.8 Å². The first-order valence-corrected chi connectivity index (χ1v) is 6.08. The van der Waals surface area contributed by atoms with Crippen LogP contribution in [0.2, 0.25) is 0 Å². The van der Waals surface area contributed by atoms with Gasteiger partial charge in [-0.3, -0.25) is 0 Å². The Kier molecular flexibility index (Phi) is 9.03. The predicted molar refractivity (Wildman–Crippen MR) is 59.2 cm³/mol. The van der Waals surface area contributed by atoms with Crippen LogP contribution in [0.5, 0.6) is 0 Å². The van der Waals surface area contributed by atoms with E-state index in [-0.39, 0.29) is 0 Å². The van der Waals surface area contributed by atoms with Crippen molar-refractivity contribution in [3.63, 3.8) is 0 Å². The second-order valence-electron chi connectivity index (χ2n) is 3.83. The van der Waals surface area contributed by atoms with E-state index in [1.807, 2.05) is 11.8 Å². The maximum Gasteiger partial charge on any atom is 0.0556 e. The predicted octanol–water partition coefficient (Wildman–Crippen LogP) is 2.02. The van der Waals surface area contributed by atoms with Crippen molar-refractivity contribution in [1.82, 2.24) is 0 Å². The molecule has 0 fully saturated rings. The summed E-state index contributed by atoms with van der Waals surface area (Å²) in [5, 5.41) is 8.77. The minimum Gasteiger partial charge on any atom is -0.396 e. The van der Waals surface area contributed by atoms with Gasteiger partial charge in [0.1, 0.15) is 0 Å². The number of aliphatic hydroxyl groups excluding tert-OH is 1. The van der Waals surface area contributed by atoms with Crippen molar-refractivity contribution >= 4 is 11.8 Å². The van der Waals surface area contributed by atoms with Crippen molar-refractivity contribution in [1.29, 1.82) is 0 Å². The monoisotopic (exact) mass is 206 g/mol. The van der Waals surface area contributed by atoms with Crippen LogP contribution < -0.4 is 0 Å². The fourth-order valence-electron chi connectivity index (χ4n) is 0.774. The first kappa shape index (κ1) is 13.3. The molecule has 0 aliphatic rings. The van der Waals surface area contributed by atoms with Gasteiger partial charge >= 0.3 is 0 Å². The Hall–Kier alpha value is 0.270. The average molecular weight is 206 g/mol. The second-order valence-corrected chi connectivity index (χ2v) is 4.98. The van der Waals surface area contributed by atoms with Crippen LogP contribution in [-0.2, 0) is 4.74 Å². The van der Waals surface area contributed by atoms with Crippen LogP contribution >= 0.6 is 11.8 Å². The standard InChI is InChI=1S/C10H22O2S/c1-9(2)7-12-4-5-13-8-10(3)6-11/h9-11H,4-8H2,1-3H3. The molecular weight excluding hydrogens is 184 g/mol. The highest BCUT2D eigenvalue weighted by Crippen LogP contribution is 2.07. The zero-order chi connectivity index (χ0) is 10.1. The van der Waals surface area contributed by atoms with Crippen molar-refractivity contribution in [3.8, 4) is 0 Å². The number of thioether (sulfide) groups is 1. The van der Waals surface area contributed by atoms with E-state index in [0.29, 0.717) is 18.4 Å². The molecule has 0 bridgehead atoms. The molecule has 0 aromatic rings. The molecule has 0 saturated heterocycles. The molecule has 0 rings (SSSR count). The molecule has 80 valence electrons. The van der Waals surface area contributed by atoms with Gasteiger partial charge in [-0.2, -0.15) is 11.8 Å². The van der Waals surface area contributed by atoms with Crippen molar-refractivity contribution < 1.29 is 9.84 Å². The van der Waals surface area contributed by atoms with Crippen molar-refractivity contribution in [2.75, 3.05) is 31.3 Å². The zero-order valence-corrected chi connectivity index (χ0v) is 9.77. The van der Waals surface area contributed by atoms with Crippen molar-refractivity contribution in [2.24, 2.45) is 11.8 Å². The lowest BCUT2D eigenvalue weighted by atomic mass is 10.2. The molecule has 1 N–H and O–H groups in total. The van der Waals surface area contributed by atoms with Crippen LogP contribution in [-0.4, -0.2) is 36.4 Å². The molecule has 0 aromatic carbocycles. The number of ether oxygens (including phenoxy) is 1. The number of rotatable bonds is 8. The van der Waals surface area contributed by atoms with Gasteiger partial charge in [-0.05, 0) is 17.6 Å². The summed E-state index contributed by atoms with van der Waals surface area (Å²) in [6, 6.07) is 0. The number of hydrogen-bond acceptors (Lipinski definition) is 3.